The predicted molar refractivity (Wildman–Crippen MR) is 67.8 cm³/mol. The monoisotopic (exact) mass is 248 g/mol. The van der Waals surface area contributed by atoms with Crippen molar-refractivity contribution in [1.29, 1.82) is 0 Å². The van der Waals surface area contributed by atoms with Crippen LogP contribution in [0.2, 0.25) is 0 Å². The van der Waals surface area contributed by atoms with Crippen LogP contribution in [0.3, 0.4) is 0 Å². The van der Waals surface area contributed by atoms with E-state index in [0.717, 1.165) is 10.6 Å². The van der Waals surface area contributed by atoms with Crippen molar-refractivity contribution < 1.29 is 9.59 Å². The molecular weight excluding hydrogens is 232 g/mol. The molecule has 1 aliphatic rings. The van der Waals surface area contributed by atoms with Gasteiger partial charge in [-0.2, -0.15) is 0 Å². The van der Waals surface area contributed by atoms with Crippen molar-refractivity contribution in [2.45, 2.75) is 25.8 Å². The molecule has 0 saturated carbocycles. The molecule has 2 heterocycles. The molecule has 1 atom stereocenters. The van der Waals surface area contributed by atoms with Gasteiger partial charge >= 0.3 is 0 Å². The molecule has 0 radical (unpaired) electrons. The normalized spacial score (nSPS) is 20.1. The van der Waals surface area contributed by atoms with Crippen LogP contribution >= 0.6 is 0 Å². The van der Waals surface area contributed by atoms with E-state index in [1.54, 1.807) is 12.1 Å². The number of nitrogens with zero attached hydrogens (tertiary/aromatic N) is 2. The Hall–Kier alpha value is -2.11. The van der Waals surface area contributed by atoms with Crippen molar-refractivity contribution in [3.63, 3.8) is 0 Å². The van der Waals surface area contributed by atoms with Crippen LogP contribution in [-0.2, 0) is 9.59 Å². The van der Waals surface area contributed by atoms with Crippen LogP contribution in [0.1, 0.15) is 18.5 Å². The molecule has 18 heavy (non-hydrogen) atoms. The minimum Gasteiger partial charge on any atom is -0.396 e. The van der Waals surface area contributed by atoms with Gasteiger partial charge in [-0.15, -0.1) is 0 Å². The fraction of sp³-hybridized carbons (Fsp3) is 0.417. The second-order valence-corrected chi connectivity index (χ2v) is 4.42. The summed E-state index contributed by atoms with van der Waals surface area (Å²) >= 11 is 0. The van der Waals surface area contributed by atoms with Crippen LogP contribution in [0.25, 0.3) is 0 Å². The number of aromatic nitrogens is 1. The van der Waals surface area contributed by atoms with Gasteiger partial charge in [0.1, 0.15) is 11.9 Å². The summed E-state index contributed by atoms with van der Waals surface area (Å²) in [6, 6.07) is 3.11. The third kappa shape index (κ3) is 2.27. The Labute approximate surface area is 105 Å². The summed E-state index contributed by atoms with van der Waals surface area (Å²) in [5.74, 6) is 0.105. The molecule has 1 unspecified atom stereocenters. The van der Waals surface area contributed by atoms with E-state index < -0.39 is 6.04 Å². The number of nitrogen functional groups attached to an aromatic ring is 1. The number of likely N-dealkylation sites (N-methyl/N-ethyl adjacent to an activating group) is 1. The zero-order valence-corrected chi connectivity index (χ0v) is 10.4. The number of hydrogen-bond donors (Lipinski definition) is 2. The summed E-state index contributed by atoms with van der Waals surface area (Å²) in [5, 5.41) is 3.01. The van der Waals surface area contributed by atoms with E-state index in [0.29, 0.717) is 24.3 Å². The summed E-state index contributed by atoms with van der Waals surface area (Å²) in [7, 11) is 1.49. The third-order valence-electron chi connectivity index (χ3n) is 3.03. The van der Waals surface area contributed by atoms with Gasteiger partial charge in [0.15, 0.2) is 0 Å². The van der Waals surface area contributed by atoms with Gasteiger partial charge in [-0.1, -0.05) is 0 Å². The number of imide groups is 1. The Balaban J connectivity index is 2.16. The van der Waals surface area contributed by atoms with Crippen molar-refractivity contribution in [1.82, 2.24) is 9.88 Å². The number of nitrogens with one attached hydrogen (secondary N) is 1. The van der Waals surface area contributed by atoms with Crippen LogP contribution < -0.4 is 11.1 Å². The van der Waals surface area contributed by atoms with Crippen LogP contribution in [0.15, 0.2) is 12.1 Å². The topological polar surface area (TPSA) is 88.3 Å². The lowest BCUT2D eigenvalue weighted by molar-refractivity contribution is -0.146. The fourth-order valence-electron chi connectivity index (χ4n) is 1.90. The van der Waals surface area contributed by atoms with Crippen LogP contribution in [0.4, 0.5) is 11.5 Å². The highest BCUT2D eigenvalue weighted by Crippen LogP contribution is 2.20. The van der Waals surface area contributed by atoms with Crippen molar-refractivity contribution >= 4 is 23.3 Å². The lowest BCUT2D eigenvalue weighted by Gasteiger charge is -2.28. The first kappa shape index (κ1) is 12.3. The summed E-state index contributed by atoms with van der Waals surface area (Å²) in [4.78, 5) is 28.7. The zero-order chi connectivity index (χ0) is 13.3. The number of piperidine rings is 1. The number of carbonyl (C=O) groups excluding carboxylic acids is 2. The van der Waals surface area contributed by atoms with E-state index in [9.17, 15) is 9.59 Å². The highest BCUT2D eigenvalue weighted by molar-refractivity contribution is 6.01. The van der Waals surface area contributed by atoms with E-state index in [1.165, 1.54) is 7.05 Å². The van der Waals surface area contributed by atoms with Gasteiger partial charge in [0.05, 0.1) is 5.69 Å². The molecular formula is C12H16N4O2. The molecule has 0 bridgehead atoms. The molecule has 2 rings (SSSR count). The van der Waals surface area contributed by atoms with E-state index in [1.807, 2.05) is 6.92 Å². The smallest absolute Gasteiger partial charge is 0.251 e. The summed E-state index contributed by atoms with van der Waals surface area (Å²) in [6.07, 6.45) is 0.822. The summed E-state index contributed by atoms with van der Waals surface area (Å²) in [6.45, 7) is 1.85. The molecule has 6 heteroatoms. The highest BCUT2D eigenvalue weighted by Gasteiger charge is 2.32. The number of likely N-dealkylation sites (tertiary alicyclic amines) is 1. The molecule has 1 aliphatic heterocycles. The maximum Gasteiger partial charge on any atom is 0.251 e. The van der Waals surface area contributed by atoms with Crippen molar-refractivity contribution in [3.8, 4) is 0 Å². The van der Waals surface area contributed by atoms with Crippen molar-refractivity contribution in [2.24, 2.45) is 0 Å². The maximum absolute atomic E-state index is 11.9. The van der Waals surface area contributed by atoms with Gasteiger partial charge in [-0.3, -0.25) is 14.5 Å². The Bertz CT molecular complexity index is 501. The molecule has 1 saturated heterocycles. The first-order valence-electron chi connectivity index (χ1n) is 5.79. The molecule has 6 nitrogen and oxygen atoms in total. The van der Waals surface area contributed by atoms with Gasteiger partial charge in [-0.25, -0.2) is 4.98 Å². The van der Waals surface area contributed by atoms with E-state index in [-0.39, 0.29) is 11.8 Å². The molecule has 0 aromatic carbocycles. The number of carbonyl (C=O) groups is 2. The Morgan fingerprint density at radius 1 is 1.44 bits per heavy atom. The average Bonchev–Trinajstić information content (AvgIpc) is 2.34. The molecule has 2 amide bonds. The highest BCUT2D eigenvalue weighted by atomic mass is 16.2. The molecule has 1 aromatic rings. The number of nitrogens with two attached hydrogens (primary N) is 1. The van der Waals surface area contributed by atoms with E-state index >= 15 is 0 Å². The lowest BCUT2D eigenvalue weighted by atomic mass is 10.0. The number of anilines is 2. The van der Waals surface area contributed by atoms with Crippen molar-refractivity contribution in [3.05, 3.63) is 17.8 Å². The molecule has 0 spiro atoms. The SMILES string of the molecule is Cc1ccc(N)c(NC2CCC(=O)N(C)C2=O)n1. The first-order valence-corrected chi connectivity index (χ1v) is 5.79. The maximum atomic E-state index is 11.9. The first-order chi connectivity index (χ1) is 8.49. The van der Waals surface area contributed by atoms with Gasteiger partial charge in [0.25, 0.3) is 5.91 Å². The van der Waals surface area contributed by atoms with Gasteiger partial charge in [-0.05, 0) is 25.5 Å². The number of hydrogen-bond acceptors (Lipinski definition) is 5. The van der Waals surface area contributed by atoms with Crippen LogP contribution in [-0.4, -0.2) is 34.8 Å². The molecule has 96 valence electrons. The second-order valence-electron chi connectivity index (χ2n) is 4.42. The summed E-state index contributed by atoms with van der Waals surface area (Å²) in [5.41, 5.74) is 7.11. The fourth-order valence-corrected chi connectivity index (χ4v) is 1.90. The third-order valence-corrected chi connectivity index (χ3v) is 3.03. The second kappa shape index (κ2) is 4.64. The summed E-state index contributed by atoms with van der Waals surface area (Å²) < 4.78 is 0. The number of amides is 2. The van der Waals surface area contributed by atoms with Gasteiger partial charge in [0, 0.05) is 19.2 Å². The predicted octanol–water partition coefficient (Wildman–Crippen LogP) is 0.532. The minimum absolute atomic E-state index is 0.150. The lowest BCUT2D eigenvalue weighted by Crippen LogP contribution is -2.48. The number of rotatable bonds is 2. The Kier molecular flexibility index (Phi) is 3.18. The van der Waals surface area contributed by atoms with Gasteiger partial charge in [0.2, 0.25) is 5.91 Å². The standard InChI is InChI=1S/C12H16N4O2/c1-7-3-4-8(13)11(14-7)15-9-5-6-10(17)16(2)12(9)18/h3-4,9H,5-6,13H2,1-2H3,(H,14,15). The molecule has 1 aromatic heterocycles. The van der Waals surface area contributed by atoms with Crippen molar-refractivity contribution in [2.75, 3.05) is 18.1 Å². The average molecular weight is 248 g/mol. The Morgan fingerprint density at radius 2 is 2.17 bits per heavy atom. The van der Waals surface area contributed by atoms with Crippen LogP contribution in [0.5, 0.6) is 0 Å². The van der Waals surface area contributed by atoms with Crippen LogP contribution in [0, 0.1) is 6.92 Å². The quantitative estimate of drug-likeness (QED) is 0.745. The van der Waals surface area contributed by atoms with E-state index in [4.69, 9.17) is 5.73 Å². The molecule has 0 aliphatic carbocycles. The largest absolute Gasteiger partial charge is 0.396 e. The van der Waals surface area contributed by atoms with Gasteiger partial charge < -0.3 is 11.1 Å². The molecule has 3 N–H and O–H groups in total. The van der Waals surface area contributed by atoms with E-state index in [2.05, 4.69) is 10.3 Å². The minimum atomic E-state index is -0.440. The zero-order valence-electron chi connectivity index (χ0n) is 10.4. The number of aryl methyl sites for hydroxylation is 1. The number of pyridine rings is 1. The Morgan fingerprint density at radius 3 is 2.89 bits per heavy atom. The molecule has 1 fully saturated rings.